The number of methoxy groups -OCH3 is 1. The van der Waals surface area contributed by atoms with Crippen molar-refractivity contribution in [1.82, 2.24) is 4.90 Å². The SMILES string of the molecule is CNc1ccc(C(=O)N(CCOC)C(C)C)c(C)c1. The molecule has 4 nitrogen and oxygen atoms in total. The maximum atomic E-state index is 12.6. The molecule has 19 heavy (non-hydrogen) atoms. The van der Waals surface area contributed by atoms with Crippen LogP contribution in [-0.4, -0.2) is 44.2 Å². The summed E-state index contributed by atoms with van der Waals surface area (Å²) in [5.74, 6) is 0.0622. The van der Waals surface area contributed by atoms with E-state index in [1.54, 1.807) is 7.11 Å². The molecule has 0 unspecified atom stereocenters. The molecule has 1 N–H and O–H groups in total. The fourth-order valence-corrected chi connectivity index (χ4v) is 2.00. The zero-order valence-electron chi connectivity index (χ0n) is 12.5. The van der Waals surface area contributed by atoms with Crippen LogP contribution in [0.15, 0.2) is 18.2 Å². The monoisotopic (exact) mass is 264 g/mol. The number of aryl methyl sites for hydroxylation is 1. The number of carbonyl (C=O) groups is 1. The van der Waals surface area contributed by atoms with Crippen LogP contribution < -0.4 is 5.32 Å². The Morgan fingerprint density at radius 3 is 2.58 bits per heavy atom. The number of hydrogen-bond donors (Lipinski definition) is 1. The lowest BCUT2D eigenvalue weighted by Gasteiger charge is -2.27. The van der Waals surface area contributed by atoms with Crippen molar-refractivity contribution >= 4 is 11.6 Å². The molecule has 0 saturated heterocycles. The minimum atomic E-state index is 0.0622. The molecular weight excluding hydrogens is 240 g/mol. The fraction of sp³-hybridized carbons (Fsp3) is 0.533. The van der Waals surface area contributed by atoms with Crippen LogP contribution in [0.1, 0.15) is 29.8 Å². The van der Waals surface area contributed by atoms with Gasteiger partial charge in [-0.15, -0.1) is 0 Å². The highest BCUT2D eigenvalue weighted by Gasteiger charge is 2.19. The Morgan fingerprint density at radius 1 is 1.42 bits per heavy atom. The van der Waals surface area contributed by atoms with E-state index in [9.17, 15) is 4.79 Å². The number of nitrogens with zero attached hydrogens (tertiary/aromatic N) is 1. The molecule has 1 aromatic carbocycles. The summed E-state index contributed by atoms with van der Waals surface area (Å²) in [4.78, 5) is 14.4. The van der Waals surface area contributed by atoms with Gasteiger partial charge in [0, 0.05) is 38.0 Å². The average molecular weight is 264 g/mol. The van der Waals surface area contributed by atoms with Crippen LogP contribution in [-0.2, 0) is 4.74 Å². The molecule has 106 valence electrons. The third kappa shape index (κ3) is 3.96. The summed E-state index contributed by atoms with van der Waals surface area (Å²) in [6.45, 7) is 7.16. The summed E-state index contributed by atoms with van der Waals surface area (Å²) in [7, 11) is 3.52. The highest BCUT2D eigenvalue weighted by Crippen LogP contribution is 2.17. The maximum Gasteiger partial charge on any atom is 0.254 e. The van der Waals surface area contributed by atoms with Gasteiger partial charge in [-0.2, -0.15) is 0 Å². The third-order valence-corrected chi connectivity index (χ3v) is 3.17. The maximum absolute atomic E-state index is 12.6. The number of carbonyl (C=O) groups excluding carboxylic acids is 1. The van der Waals surface area contributed by atoms with E-state index in [2.05, 4.69) is 5.32 Å². The van der Waals surface area contributed by atoms with Gasteiger partial charge in [-0.3, -0.25) is 4.79 Å². The minimum absolute atomic E-state index is 0.0622. The van der Waals surface area contributed by atoms with Crippen LogP contribution >= 0.6 is 0 Å². The van der Waals surface area contributed by atoms with Gasteiger partial charge in [0.05, 0.1) is 6.61 Å². The number of amides is 1. The van der Waals surface area contributed by atoms with E-state index >= 15 is 0 Å². The zero-order valence-corrected chi connectivity index (χ0v) is 12.5. The summed E-state index contributed by atoms with van der Waals surface area (Å²) in [6.07, 6.45) is 0. The normalized spacial score (nSPS) is 10.6. The van der Waals surface area contributed by atoms with Crippen molar-refractivity contribution in [2.24, 2.45) is 0 Å². The first-order chi connectivity index (χ1) is 9.01. The Balaban J connectivity index is 2.96. The van der Waals surface area contributed by atoms with Gasteiger partial charge in [0.15, 0.2) is 0 Å². The van der Waals surface area contributed by atoms with Crippen LogP contribution in [0.3, 0.4) is 0 Å². The number of nitrogens with one attached hydrogen (secondary N) is 1. The summed E-state index contributed by atoms with van der Waals surface area (Å²) < 4.78 is 5.07. The van der Waals surface area contributed by atoms with Gasteiger partial charge in [0.2, 0.25) is 0 Å². The second-order valence-electron chi connectivity index (χ2n) is 4.86. The van der Waals surface area contributed by atoms with Gasteiger partial charge in [-0.25, -0.2) is 0 Å². The Kier molecular flexibility index (Phi) is 5.83. The van der Waals surface area contributed by atoms with Crippen LogP contribution in [0.25, 0.3) is 0 Å². The number of rotatable bonds is 6. The van der Waals surface area contributed by atoms with Crippen molar-refractivity contribution < 1.29 is 9.53 Å². The Morgan fingerprint density at radius 2 is 2.11 bits per heavy atom. The fourth-order valence-electron chi connectivity index (χ4n) is 2.00. The topological polar surface area (TPSA) is 41.6 Å². The Bertz CT molecular complexity index is 430. The smallest absolute Gasteiger partial charge is 0.254 e. The van der Waals surface area contributed by atoms with Gasteiger partial charge in [-0.05, 0) is 44.5 Å². The molecule has 0 aliphatic rings. The number of hydrogen-bond acceptors (Lipinski definition) is 3. The molecule has 0 aliphatic heterocycles. The van der Waals surface area contributed by atoms with Crippen molar-refractivity contribution in [2.75, 3.05) is 32.6 Å². The molecule has 0 radical (unpaired) electrons. The van der Waals surface area contributed by atoms with E-state index in [4.69, 9.17) is 4.74 Å². The highest BCUT2D eigenvalue weighted by molar-refractivity contribution is 5.96. The lowest BCUT2D eigenvalue weighted by molar-refractivity contribution is 0.0634. The van der Waals surface area contributed by atoms with Crippen LogP contribution in [0.2, 0.25) is 0 Å². The third-order valence-electron chi connectivity index (χ3n) is 3.17. The van der Waals surface area contributed by atoms with Crippen LogP contribution in [0.4, 0.5) is 5.69 Å². The quantitative estimate of drug-likeness (QED) is 0.858. The predicted molar refractivity (Wildman–Crippen MR) is 78.8 cm³/mol. The van der Waals surface area contributed by atoms with E-state index < -0.39 is 0 Å². The Hall–Kier alpha value is -1.55. The van der Waals surface area contributed by atoms with Gasteiger partial charge in [-0.1, -0.05) is 0 Å². The average Bonchev–Trinajstić information content (AvgIpc) is 2.38. The Labute approximate surface area is 115 Å². The lowest BCUT2D eigenvalue weighted by atomic mass is 10.1. The first-order valence-corrected chi connectivity index (χ1v) is 6.59. The minimum Gasteiger partial charge on any atom is -0.388 e. The molecule has 0 aliphatic carbocycles. The van der Waals surface area contributed by atoms with E-state index in [1.165, 1.54) is 0 Å². The molecule has 0 heterocycles. The second-order valence-corrected chi connectivity index (χ2v) is 4.86. The lowest BCUT2D eigenvalue weighted by Crippen LogP contribution is -2.39. The van der Waals surface area contributed by atoms with E-state index in [1.807, 2.05) is 50.9 Å². The van der Waals surface area contributed by atoms with Gasteiger partial charge in [0.1, 0.15) is 0 Å². The standard InChI is InChI=1S/C15H24N2O2/c1-11(2)17(8-9-19-5)15(18)14-7-6-13(16-4)10-12(14)3/h6-7,10-11,16H,8-9H2,1-5H3. The molecule has 0 spiro atoms. The first kappa shape index (κ1) is 15.5. The molecule has 0 saturated carbocycles. The van der Waals surface area contributed by atoms with Crippen molar-refractivity contribution in [3.63, 3.8) is 0 Å². The molecule has 0 fully saturated rings. The summed E-state index contributed by atoms with van der Waals surface area (Å²) in [5, 5.41) is 3.08. The zero-order chi connectivity index (χ0) is 14.4. The van der Waals surface area contributed by atoms with Crippen molar-refractivity contribution in [3.05, 3.63) is 29.3 Å². The molecule has 1 aromatic rings. The number of ether oxygens (including phenoxy) is 1. The van der Waals surface area contributed by atoms with Crippen LogP contribution in [0.5, 0.6) is 0 Å². The van der Waals surface area contributed by atoms with Crippen molar-refractivity contribution in [2.45, 2.75) is 26.8 Å². The van der Waals surface area contributed by atoms with E-state index in [0.29, 0.717) is 13.2 Å². The first-order valence-electron chi connectivity index (χ1n) is 6.59. The van der Waals surface area contributed by atoms with Crippen molar-refractivity contribution in [3.8, 4) is 0 Å². The molecule has 1 amide bonds. The largest absolute Gasteiger partial charge is 0.388 e. The molecule has 0 bridgehead atoms. The second kappa shape index (κ2) is 7.14. The van der Waals surface area contributed by atoms with Crippen molar-refractivity contribution in [1.29, 1.82) is 0 Å². The molecular formula is C15H24N2O2. The molecule has 1 rings (SSSR count). The summed E-state index contributed by atoms with van der Waals surface area (Å²) >= 11 is 0. The summed E-state index contributed by atoms with van der Waals surface area (Å²) in [6, 6.07) is 5.95. The number of anilines is 1. The van der Waals surface area contributed by atoms with Gasteiger partial charge >= 0.3 is 0 Å². The van der Waals surface area contributed by atoms with E-state index in [-0.39, 0.29) is 11.9 Å². The molecule has 4 heteroatoms. The van der Waals surface area contributed by atoms with Gasteiger partial charge < -0.3 is 15.0 Å². The predicted octanol–water partition coefficient (Wildman–Crippen LogP) is 2.53. The molecule has 0 atom stereocenters. The van der Waals surface area contributed by atoms with Gasteiger partial charge in [0.25, 0.3) is 5.91 Å². The highest BCUT2D eigenvalue weighted by atomic mass is 16.5. The van der Waals surface area contributed by atoms with E-state index in [0.717, 1.165) is 16.8 Å². The molecule has 0 aromatic heterocycles. The summed E-state index contributed by atoms with van der Waals surface area (Å²) in [5.41, 5.74) is 2.76. The number of benzene rings is 1. The van der Waals surface area contributed by atoms with Crippen LogP contribution in [0, 0.1) is 6.92 Å².